The Hall–Kier alpha value is -1.37. The SMILES string of the molecule is CCN(CC(C)(C)CN)C(C)c1cccc(C#N)c1. The molecule has 0 saturated carbocycles. The Morgan fingerprint density at radius 2 is 2.11 bits per heavy atom. The number of nitriles is 1. The molecule has 0 bridgehead atoms. The highest BCUT2D eigenvalue weighted by Gasteiger charge is 2.23. The minimum atomic E-state index is 0.108. The first kappa shape index (κ1) is 15.7. The Morgan fingerprint density at radius 1 is 1.42 bits per heavy atom. The van der Waals surface area contributed by atoms with Crippen molar-refractivity contribution in [3.63, 3.8) is 0 Å². The van der Waals surface area contributed by atoms with Crippen molar-refractivity contribution >= 4 is 0 Å². The van der Waals surface area contributed by atoms with E-state index in [-0.39, 0.29) is 5.41 Å². The number of hydrogen-bond donors (Lipinski definition) is 1. The van der Waals surface area contributed by atoms with Gasteiger partial charge in [-0.3, -0.25) is 4.90 Å². The predicted molar refractivity (Wildman–Crippen MR) is 79.7 cm³/mol. The monoisotopic (exact) mass is 259 g/mol. The normalized spacial score (nSPS) is 13.3. The third-order valence-corrected chi connectivity index (χ3v) is 3.64. The van der Waals surface area contributed by atoms with E-state index in [2.05, 4.69) is 44.7 Å². The minimum Gasteiger partial charge on any atom is -0.330 e. The highest BCUT2D eigenvalue weighted by atomic mass is 15.2. The van der Waals surface area contributed by atoms with Crippen molar-refractivity contribution in [1.29, 1.82) is 5.26 Å². The second kappa shape index (κ2) is 6.70. The van der Waals surface area contributed by atoms with Crippen molar-refractivity contribution in [2.75, 3.05) is 19.6 Å². The van der Waals surface area contributed by atoms with Gasteiger partial charge in [-0.1, -0.05) is 32.9 Å². The van der Waals surface area contributed by atoms with Gasteiger partial charge in [0.1, 0.15) is 0 Å². The molecule has 0 spiro atoms. The molecule has 0 fully saturated rings. The van der Waals surface area contributed by atoms with Gasteiger partial charge in [-0.25, -0.2) is 0 Å². The largest absolute Gasteiger partial charge is 0.330 e. The zero-order chi connectivity index (χ0) is 14.5. The molecule has 1 rings (SSSR count). The molecule has 1 aromatic carbocycles. The summed E-state index contributed by atoms with van der Waals surface area (Å²) in [5, 5.41) is 8.98. The van der Waals surface area contributed by atoms with Crippen LogP contribution in [-0.2, 0) is 0 Å². The fourth-order valence-corrected chi connectivity index (χ4v) is 2.22. The molecule has 0 heterocycles. The molecule has 19 heavy (non-hydrogen) atoms. The van der Waals surface area contributed by atoms with E-state index in [1.54, 1.807) is 0 Å². The van der Waals surface area contributed by atoms with Crippen molar-refractivity contribution in [3.05, 3.63) is 35.4 Å². The van der Waals surface area contributed by atoms with Crippen LogP contribution in [0.4, 0.5) is 0 Å². The van der Waals surface area contributed by atoms with Crippen LogP contribution in [0.25, 0.3) is 0 Å². The maximum Gasteiger partial charge on any atom is 0.0991 e. The number of nitrogens with two attached hydrogens (primary N) is 1. The van der Waals surface area contributed by atoms with E-state index >= 15 is 0 Å². The highest BCUT2D eigenvalue weighted by Crippen LogP contribution is 2.25. The van der Waals surface area contributed by atoms with Crippen LogP contribution in [0.3, 0.4) is 0 Å². The van der Waals surface area contributed by atoms with Gasteiger partial charge in [0.15, 0.2) is 0 Å². The predicted octanol–water partition coefficient (Wildman–Crippen LogP) is 2.93. The van der Waals surface area contributed by atoms with Crippen LogP contribution in [0.2, 0.25) is 0 Å². The van der Waals surface area contributed by atoms with Gasteiger partial charge in [0.05, 0.1) is 11.6 Å². The Labute approximate surface area is 117 Å². The third-order valence-electron chi connectivity index (χ3n) is 3.64. The van der Waals surface area contributed by atoms with Crippen molar-refractivity contribution in [2.45, 2.75) is 33.7 Å². The summed E-state index contributed by atoms with van der Waals surface area (Å²) >= 11 is 0. The van der Waals surface area contributed by atoms with E-state index in [1.165, 1.54) is 5.56 Å². The standard InChI is InChI=1S/C16H25N3/c1-5-19(12-16(3,4)11-18)13(2)15-8-6-7-14(9-15)10-17/h6-9,13H,5,11-12,18H2,1-4H3. The van der Waals surface area contributed by atoms with E-state index < -0.39 is 0 Å². The molecule has 0 aromatic heterocycles. The van der Waals surface area contributed by atoms with Gasteiger partial charge >= 0.3 is 0 Å². The van der Waals surface area contributed by atoms with Crippen molar-refractivity contribution in [1.82, 2.24) is 4.90 Å². The number of hydrogen-bond acceptors (Lipinski definition) is 3. The molecule has 0 saturated heterocycles. The van der Waals surface area contributed by atoms with E-state index in [9.17, 15) is 0 Å². The molecular weight excluding hydrogens is 234 g/mol. The van der Waals surface area contributed by atoms with Crippen LogP contribution in [0, 0.1) is 16.7 Å². The van der Waals surface area contributed by atoms with Gasteiger partial charge in [-0.15, -0.1) is 0 Å². The van der Waals surface area contributed by atoms with Gasteiger partial charge in [-0.05, 0) is 43.1 Å². The third kappa shape index (κ3) is 4.34. The summed E-state index contributed by atoms with van der Waals surface area (Å²) in [5.74, 6) is 0. The molecule has 1 unspecified atom stereocenters. The first-order chi connectivity index (χ1) is 8.93. The molecular formula is C16H25N3. The summed E-state index contributed by atoms with van der Waals surface area (Å²) in [7, 11) is 0. The lowest BCUT2D eigenvalue weighted by Crippen LogP contribution is -2.40. The highest BCUT2D eigenvalue weighted by molar-refractivity contribution is 5.34. The van der Waals surface area contributed by atoms with Gasteiger partial charge in [0.25, 0.3) is 0 Å². The maximum absolute atomic E-state index is 8.98. The van der Waals surface area contributed by atoms with Crippen LogP contribution < -0.4 is 5.73 Å². The van der Waals surface area contributed by atoms with Crippen LogP contribution in [0.1, 0.15) is 44.9 Å². The van der Waals surface area contributed by atoms with Crippen molar-refractivity contribution < 1.29 is 0 Å². The van der Waals surface area contributed by atoms with E-state index in [1.807, 2.05) is 18.2 Å². The Bertz CT molecular complexity index is 446. The van der Waals surface area contributed by atoms with Gasteiger partial charge < -0.3 is 5.73 Å². The van der Waals surface area contributed by atoms with Crippen molar-refractivity contribution in [3.8, 4) is 6.07 Å². The molecule has 0 aliphatic rings. The number of nitrogens with zero attached hydrogens (tertiary/aromatic N) is 2. The molecule has 1 aromatic rings. The van der Waals surface area contributed by atoms with Gasteiger partial charge in [0, 0.05) is 12.6 Å². The summed E-state index contributed by atoms with van der Waals surface area (Å²) in [4.78, 5) is 2.41. The zero-order valence-electron chi connectivity index (χ0n) is 12.5. The number of rotatable bonds is 6. The quantitative estimate of drug-likeness (QED) is 0.854. The molecule has 1 atom stereocenters. The molecule has 3 heteroatoms. The molecule has 0 amide bonds. The second-order valence-corrected chi connectivity index (χ2v) is 5.84. The first-order valence-corrected chi connectivity index (χ1v) is 6.87. The van der Waals surface area contributed by atoms with Gasteiger partial charge in [0.2, 0.25) is 0 Å². The van der Waals surface area contributed by atoms with Gasteiger partial charge in [-0.2, -0.15) is 5.26 Å². The minimum absolute atomic E-state index is 0.108. The average Bonchev–Trinajstić information content (AvgIpc) is 2.44. The lowest BCUT2D eigenvalue weighted by Gasteiger charge is -2.35. The Morgan fingerprint density at radius 3 is 2.63 bits per heavy atom. The molecule has 0 aliphatic carbocycles. The smallest absolute Gasteiger partial charge is 0.0991 e. The van der Waals surface area contributed by atoms with E-state index in [0.29, 0.717) is 12.6 Å². The van der Waals surface area contributed by atoms with Crippen LogP contribution in [0.5, 0.6) is 0 Å². The summed E-state index contributed by atoms with van der Waals surface area (Å²) in [6.07, 6.45) is 0. The lowest BCUT2D eigenvalue weighted by molar-refractivity contribution is 0.148. The fourth-order valence-electron chi connectivity index (χ4n) is 2.22. The van der Waals surface area contributed by atoms with Crippen molar-refractivity contribution in [2.24, 2.45) is 11.1 Å². The van der Waals surface area contributed by atoms with Crippen LogP contribution in [-0.4, -0.2) is 24.5 Å². The molecule has 0 radical (unpaired) electrons. The molecule has 2 N–H and O–H groups in total. The first-order valence-electron chi connectivity index (χ1n) is 6.87. The maximum atomic E-state index is 8.98. The van der Waals surface area contributed by atoms with Crippen LogP contribution >= 0.6 is 0 Å². The summed E-state index contributed by atoms with van der Waals surface area (Å²) < 4.78 is 0. The second-order valence-electron chi connectivity index (χ2n) is 5.84. The number of benzene rings is 1. The lowest BCUT2D eigenvalue weighted by atomic mass is 9.91. The molecule has 3 nitrogen and oxygen atoms in total. The summed E-state index contributed by atoms with van der Waals surface area (Å²) in [6.45, 7) is 11.3. The fraction of sp³-hybridized carbons (Fsp3) is 0.562. The summed E-state index contributed by atoms with van der Waals surface area (Å²) in [6, 6.07) is 10.4. The van der Waals surface area contributed by atoms with E-state index in [0.717, 1.165) is 18.7 Å². The van der Waals surface area contributed by atoms with E-state index in [4.69, 9.17) is 11.0 Å². The Balaban J connectivity index is 2.89. The molecule has 0 aliphatic heterocycles. The Kier molecular flexibility index (Phi) is 5.53. The summed E-state index contributed by atoms with van der Waals surface area (Å²) in [5.41, 5.74) is 7.84. The average molecular weight is 259 g/mol. The molecule has 104 valence electrons. The topological polar surface area (TPSA) is 53.0 Å². The van der Waals surface area contributed by atoms with Crippen LogP contribution in [0.15, 0.2) is 24.3 Å². The zero-order valence-corrected chi connectivity index (χ0v) is 12.5.